The number of benzene rings is 1. The van der Waals surface area contributed by atoms with Crippen LogP contribution in [0.5, 0.6) is 11.5 Å². The molecule has 2 heterocycles. The maximum absolute atomic E-state index is 12.6. The second-order valence-corrected chi connectivity index (χ2v) is 6.11. The lowest BCUT2D eigenvalue weighted by molar-refractivity contribution is -0.139. The van der Waals surface area contributed by atoms with Gasteiger partial charge in [0, 0.05) is 38.6 Å². The zero-order valence-corrected chi connectivity index (χ0v) is 14.5. The van der Waals surface area contributed by atoms with Crippen molar-refractivity contribution < 1.29 is 19.4 Å². The monoisotopic (exact) mass is 355 g/mol. The van der Waals surface area contributed by atoms with Crippen LogP contribution in [0.4, 0.5) is 0 Å². The van der Waals surface area contributed by atoms with Crippen LogP contribution in [0.15, 0.2) is 48.8 Å². The number of hydrogen-bond acceptors (Lipinski definition) is 5. The number of phenols is 1. The smallest absolute Gasteiger partial charge is 0.263 e. The fraction of sp³-hybridized carbons (Fsp3) is 0.316. The van der Waals surface area contributed by atoms with Gasteiger partial charge in [-0.3, -0.25) is 14.6 Å². The second-order valence-electron chi connectivity index (χ2n) is 6.11. The minimum Gasteiger partial charge on any atom is -0.508 e. The standard InChI is InChI=1S/C19H21N3O4/c1-14(26-17-6-4-16(23)5-7-17)18(24)21-9-11-22(12-10-21)19(25)15-3-2-8-20-13-15/h2-8,13-14,23H,9-12H2,1H3. The topological polar surface area (TPSA) is 83.0 Å². The lowest BCUT2D eigenvalue weighted by Gasteiger charge is -2.35. The molecule has 1 aromatic carbocycles. The number of ether oxygens (including phenoxy) is 1. The average Bonchev–Trinajstić information content (AvgIpc) is 2.69. The molecule has 1 saturated heterocycles. The first-order chi connectivity index (χ1) is 12.5. The normalized spacial score (nSPS) is 15.4. The summed E-state index contributed by atoms with van der Waals surface area (Å²) in [5.74, 6) is 0.477. The van der Waals surface area contributed by atoms with E-state index >= 15 is 0 Å². The number of carbonyl (C=O) groups is 2. The molecule has 26 heavy (non-hydrogen) atoms. The first-order valence-corrected chi connectivity index (χ1v) is 8.48. The molecule has 0 spiro atoms. The van der Waals surface area contributed by atoms with Crippen molar-refractivity contribution >= 4 is 11.8 Å². The van der Waals surface area contributed by atoms with E-state index in [9.17, 15) is 14.7 Å². The van der Waals surface area contributed by atoms with Gasteiger partial charge < -0.3 is 19.6 Å². The van der Waals surface area contributed by atoms with Crippen LogP contribution in [0, 0.1) is 0 Å². The Balaban J connectivity index is 1.53. The molecule has 1 fully saturated rings. The van der Waals surface area contributed by atoms with Gasteiger partial charge in [0.15, 0.2) is 6.10 Å². The molecule has 1 aliphatic heterocycles. The summed E-state index contributed by atoms with van der Waals surface area (Å²) >= 11 is 0. The zero-order valence-electron chi connectivity index (χ0n) is 14.5. The summed E-state index contributed by atoms with van der Waals surface area (Å²) < 4.78 is 5.64. The van der Waals surface area contributed by atoms with Crippen molar-refractivity contribution in [3.63, 3.8) is 0 Å². The van der Waals surface area contributed by atoms with E-state index < -0.39 is 6.10 Å². The molecule has 1 atom stereocenters. The SMILES string of the molecule is CC(Oc1ccc(O)cc1)C(=O)N1CCN(C(=O)c2cccnc2)CC1. The Morgan fingerprint density at radius 1 is 1.08 bits per heavy atom. The Labute approximate surface area is 151 Å². The van der Waals surface area contributed by atoms with Gasteiger partial charge in [0.05, 0.1) is 5.56 Å². The third-order valence-electron chi connectivity index (χ3n) is 4.28. The van der Waals surface area contributed by atoms with E-state index in [2.05, 4.69) is 4.98 Å². The Bertz CT molecular complexity index is 756. The van der Waals surface area contributed by atoms with Crippen molar-refractivity contribution in [2.24, 2.45) is 0 Å². The first-order valence-electron chi connectivity index (χ1n) is 8.48. The third-order valence-corrected chi connectivity index (χ3v) is 4.28. The van der Waals surface area contributed by atoms with Crippen molar-refractivity contribution in [2.75, 3.05) is 26.2 Å². The Morgan fingerprint density at radius 2 is 1.73 bits per heavy atom. The number of phenolic OH excluding ortho intramolecular Hbond substituents is 1. The van der Waals surface area contributed by atoms with Gasteiger partial charge in [-0.05, 0) is 43.3 Å². The van der Waals surface area contributed by atoms with Crippen molar-refractivity contribution in [3.05, 3.63) is 54.4 Å². The number of hydrogen-bond donors (Lipinski definition) is 1. The number of nitrogens with zero attached hydrogens (tertiary/aromatic N) is 3. The molecule has 0 radical (unpaired) electrons. The molecular weight excluding hydrogens is 334 g/mol. The number of carbonyl (C=O) groups excluding carboxylic acids is 2. The molecule has 7 nitrogen and oxygen atoms in total. The molecule has 3 rings (SSSR count). The van der Waals surface area contributed by atoms with Crippen LogP contribution >= 0.6 is 0 Å². The molecule has 1 aliphatic rings. The summed E-state index contributed by atoms with van der Waals surface area (Å²) in [5.41, 5.74) is 0.552. The summed E-state index contributed by atoms with van der Waals surface area (Å²) in [6.45, 7) is 3.58. The quantitative estimate of drug-likeness (QED) is 0.899. The number of rotatable bonds is 4. The van der Waals surface area contributed by atoms with E-state index in [0.29, 0.717) is 37.5 Å². The van der Waals surface area contributed by atoms with Crippen LogP contribution in [-0.2, 0) is 4.79 Å². The summed E-state index contributed by atoms with van der Waals surface area (Å²) in [5, 5.41) is 9.29. The predicted octanol–water partition coefficient (Wildman–Crippen LogP) is 1.54. The molecule has 7 heteroatoms. The molecule has 0 aliphatic carbocycles. The van der Waals surface area contributed by atoms with E-state index in [1.54, 1.807) is 53.4 Å². The maximum Gasteiger partial charge on any atom is 0.263 e. The summed E-state index contributed by atoms with van der Waals surface area (Å²) in [6.07, 6.45) is 2.54. The van der Waals surface area contributed by atoms with Gasteiger partial charge in [-0.15, -0.1) is 0 Å². The minimum absolute atomic E-state index is 0.0707. The summed E-state index contributed by atoms with van der Waals surface area (Å²) in [6, 6.07) is 9.72. The van der Waals surface area contributed by atoms with E-state index in [-0.39, 0.29) is 17.6 Å². The van der Waals surface area contributed by atoms with E-state index in [1.165, 1.54) is 12.1 Å². The van der Waals surface area contributed by atoms with Crippen molar-refractivity contribution in [1.82, 2.24) is 14.8 Å². The van der Waals surface area contributed by atoms with Gasteiger partial charge in [-0.25, -0.2) is 0 Å². The Hall–Kier alpha value is -3.09. The van der Waals surface area contributed by atoms with Gasteiger partial charge in [0.2, 0.25) is 0 Å². The summed E-state index contributed by atoms with van der Waals surface area (Å²) in [4.78, 5) is 32.4. The number of piperazine rings is 1. The Kier molecular flexibility index (Phi) is 5.36. The molecule has 0 bridgehead atoms. The summed E-state index contributed by atoms with van der Waals surface area (Å²) in [7, 11) is 0. The molecule has 0 saturated carbocycles. The lowest BCUT2D eigenvalue weighted by Crippen LogP contribution is -2.53. The number of amides is 2. The highest BCUT2D eigenvalue weighted by Gasteiger charge is 2.28. The molecule has 1 unspecified atom stereocenters. The molecule has 1 aromatic heterocycles. The molecule has 136 valence electrons. The highest BCUT2D eigenvalue weighted by molar-refractivity contribution is 5.94. The van der Waals surface area contributed by atoms with Crippen LogP contribution in [0.1, 0.15) is 17.3 Å². The highest BCUT2D eigenvalue weighted by atomic mass is 16.5. The van der Waals surface area contributed by atoms with E-state index in [0.717, 1.165) is 0 Å². The molecule has 2 amide bonds. The van der Waals surface area contributed by atoms with Crippen molar-refractivity contribution in [1.29, 1.82) is 0 Å². The predicted molar refractivity (Wildman–Crippen MR) is 94.9 cm³/mol. The lowest BCUT2D eigenvalue weighted by atomic mass is 10.2. The largest absolute Gasteiger partial charge is 0.508 e. The van der Waals surface area contributed by atoms with Crippen LogP contribution in [0.2, 0.25) is 0 Å². The van der Waals surface area contributed by atoms with Gasteiger partial charge in [0.1, 0.15) is 11.5 Å². The van der Waals surface area contributed by atoms with E-state index in [1.807, 2.05) is 0 Å². The van der Waals surface area contributed by atoms with Crippen LogP contribution in [-0.4, -0.2) is 64.0 Å². The average molecular weight is 355 g/mol. The van der Waals surface area contributed by atoms with Crippen LogP contribution < -0.4 is 4.74 Å². The zero-order chi connectivity index (χ0) is 18.5. The van der Waals surface area contributed by atoms with Crippen LogP contribution in [0.3, 0.4) is 0 Å². The van der Waals surface area contributed by atoms with Crippen molar-refractivity contribution in [2.45, 2.75) is 13.0 Å². The molecule has 1 N–H and O–H groups in total. The van der Waals surface area contributed by atoms with Crippen LogP contribution in [0.25, 0.3) is 0 Å². The van der Waals surface area contributed by atoms with Gasteiger partial charge in [-0.2, -0.15) is 0 Å². The molecule has 2 aromatic rings. The number of aromatic hydroxyl groups is 1. The third kappa shape index (κ3) is 4.11. The fourth-order valence-electron chi connectivity index (χ4n) is 2.84. The van der Waals surface area contributed by atoms with Gasteiger partial charge >= 0.3 is 0 Å². The highest BCUT2D eigenvalue weighted by Crippen LogP contribution is 2.18. The fourth-order valence-corrected chi connectivity index (χ4v) is 2.84. The van der Waals surface area contributed by atoms with E-state index in [4.69, 9.17) is 4.74 Å². The first kappa shape index (κ1) is 17.7. The maximum atomic E-state index is 12.6. The molecular formula is C19H21N3O4. The van der Waals surface area contributed by atoms with Crippen molar-refractivity contribution in [3.8, 4) is 11.5 Å². The van der Waals surface area contributed by atoms with Gasteiger partial charge in [0.25, 0.3) is 11.8 Å². The van der Waals surface area contributed by atoms with Gasteiger partial charge in [-0.1, -0.05) is 0 Å². The number of aromatic nitrogens is 1. The minimum atomic E-state index is -0.639. The Morgan fingerprint density at radius 3 is 2.35 bits per heavy atom. The number of pyridine rings is 1. The second kappa shape index (κ2) is 7.86.